The fourth-order valence-electron chi connectivity index (χ4n) is 1.97. The molecule has 0 aromatic rings. The van der Waals surface area contributed by atoms with E-state index in [1.807, 2.05) is 6.92 Å². The minimum atomic E-state index is -0.0882. The lowest BCUT2D eigenvalue weighted by molar-refractivity contribution is -0.137. The van der Waals surface area contributed by atoms with Crippen LogP contribution in [0.25, 0.3) is 0 Å². The number of carbonyl (C=O) groups is 1. The van der Waals surface area contributed by atoms with Crippen LogP contribution in [0.1, 0.15) is 20.3 Å². The number of aliphatic hydroxyl groups is 1. The van der Waals surface area contributed by atoms with Crippen LogP contribution in [0.3, 0.4) is 0 Å². The van der Waals surface area contributed by atoms with Gasteiger partial charge in [0.1, 0.15) is 0 Å². The number of piperidine rings is 1. The Labute approximate surface area is 91.6 Å². The van der Waals surface area contributed by atoms with Gasteiger partial charge in [0.05, 0.1) is 18.6 Å². The van der Waals surface area contributed by atoms with Gasteiger partial charge in [-0.05, 0) is 25.8 Å². The van der Waals surface area contributed by atoms with Gasteiger partial charge < -0.3 is 15.3 Å². The maximum atomic E-state index is 12.0. The molecule has 2 N–H and O–H groups in total. The second-order valence-corrected chi connectivity index (χ2v) is 4.68. The van der Waals surface area contributed by atoms with Crippen LogP contribution >= 0.6 is 0 Å². The number of hydrogen-bond donors (Lipinski definition) is 2. The van der Waals surface area contributed by atoms with Crippen molar-refractivity contribution in [2.45, 2.75) is 26.3 Å². The molecule has 0 bridgehead atoms. The van der Waals surface area contributed by atoms with E-state index in [4.69, 9.17) is 5.11 Å². The first-order chi connectivity index (χ1) is 7.06. The monoisotopic (exact) mass is 214 g/mol. The molecule has 4 nitrogen and oxygen atoms in total. The van der Waals surface area contributed by atoms with Gasteiger partial charge in [-0.2, -0.15) is 0 Å². The number of nitrogens with zero attached hydrogens (tertiary/aromatic N) is 1. The molecule has 1 saturated heterocycles. The number of amides is 1. The summed E-state index contributed by atoms with van der Waals surface area (Å²) in [7, 11) is 1.77. The van der Waals surface area contributed by atoms with E-state index < -0.39 is 0 Å². The van der Waals surface area contributed by atoms with Gasteiger partial charge in [-0.3, -0.25) is 4.79 Å². The largest absolute Gasteiger partial charge is 0.394 e. The van der Waals surface area contributed by atoms with E-state index >= 15 is 0 Å². The van der Waals surface area contributed by atoms with Gasteiger partial charge in [0.15, 0.2) is 0 Å². The quantitative estimate of drug-likeness (QED) is 0.699. The van der Waals surface area contributed by atoms with Crippen molar-refractivity contribution >= 4 is 5.91 Å². The molecule has 0 aromatic heterocycles. The van der Waals surface area contributed by atoms with Crippen molar-refractivity contribution in [1.29, 1.82) is 0 Å². The zero-order valence-corrected chi connectivity index (χ0v) is 9.86. The molecule has 0 saturated carbocycles. The van der Waals surface area contributed by atoms with Crippen LogP contribution in [-0.2, 0) is 4.79 Å². The Balaban J connectivity index is 2.51. The highest BCUT2D eigenvalue weighted by Gasteiger charge is 2.28. The Bertz CT molecular complexity index is 221. The van der Waals surface area contributed by atoms with Crippen molar-refractivity contribution in [2.24, 2.45) is 11.8 Å². The second-order valence-electron chi connectivity index (χ2n) is 4.68. The van der Waals surface area contributed by atoms with E-state index in [9.17, 15) is 4.79 Å². The highest BCUT2D eigenvalue weighted by molar-refractivity contribution is 5.79. The van der Waals surface area contributed by atoms with Gasteiger partial charge in [0, 0.05) is 13.6 Å². The van der Waals surface area contributed by atoms with Crippen LogP contribution in [-0.4, -0.2) is 48.7 Å². The topological polar surface area (TPSA) is 52.6 Å². The third kappa shape index (κ3) is 3.18. The summed E-state index contributed by atoms with van der Waals surface area (Å²) in [5, 5.41) is 12.3. The van der Waals surface area contributed by atoms with Crippen LogP contribution in [0.4, 0.5) is 0 Å². The fraction of sp³-hybridized carbons (Fsp3) is 0.909. The summed E-state index contributed by atoms with van der Waals surface area (Å²) in [5.41, 5.74) is 0. The van der Waals surface area contributed by atoms with Crippen molar-refractivity contribution in [3.8, 4) is 0 Å². The third-order valence-corrected chi connectivity index (χ3v) is 3.19. The van der Waals surface area contributed by atoms with Crippen LogP contribution < -0.4 is 5.32 Å². The third-order valence-electron chi connectivity index (χ3n) is 3.19. The summed E-state index contributed by atoms with van der Waals surface area (Å²) in [4.78, 5) is 13.7. The van der Waals surface area contributed by atoms with Crippen molar-refractivity contribution in [3.05, 3.63) is 0 Å². The summed E-state index contributed by atoms with van der Waals surface area (Å²) >= 11 is 0. The Morgan fingerprint density at radius 2 is 2.27 bits per heavy atom. The molecule has 1 aliphatic rings. The van der Waals surface area contributed by atoms with Gasteiger partial charge >= 0.3 is 0 Å². The number of carbonyl (C=O) groups excluding carboxylic acids is 1. The lowest BCUT2D eigenvalue weighted by Crippen LogP contribution is -2.47. The maximum Gasteiger partial charge on any atom is 0.227 e. The van der Waals surface area contributed by atoms with Crippen LogP contribution in [0.15, 0.2) is 0 Å². The van der Waals surface area contributed by atoms with Gasteiger partial charge in [-0.25, -0.2) is 0 Å². The number of likely N-dealkylation sites (N-methyl/N-ethyl adjacent to an activating group) is 1. The first kappa shape index (κ1) is 12.5. The van der Waals surface area contributed by atoms with Crippen molar-refractivity contribution in [2.75, 3.05) is 26.7 Å². The Morgan fingerprint density at radius 1 is 1.60 bits per heavy atom. The molecule has 3 atom stereocenters. The van der Waals surface area contributed by atoms with Gasteiger partial charge in [-0.1, -0.05) is 6.92 Å². The summed E-state index contributed by atoms with van der Waals surface area (Å²) < 4.78 is 0. The maximum absolute atomic E-state index is 12.0. The minimum Gasteiger partial charge on any atom is -0.394 e. The fourth-order valence-corrected chi connectivity index (χ4v) is 1.97. The van der Waals surface area contributed by atoms with Gasteiger partial charge in [-0.15, -0.1) is 0 Å². The highest BCUT2D eigenvalue weighted by Crippen LogP contribution is 2.18. The molecule has 1 fully saturated rings. The van der Waals surface area contributed by atoms with Crippen molar-refractivity contribution in [3.63, 3.8) is 0 Å². The molecule has 15 heavy (non-hydrogen) atoms. The standard InChI is InChI=1S/C11H22N2O2/c1-8-4-10(6-12-5-8)11(15)13(3)9(2)7-14/h8-10,12,14H,4-7H2,1-3H3. The number of nitrogens with one attached hydrogen (secondary N) is 1. The Hall–Kier alpha value is -0.610. The number of aliphatic hydroxyl groups excluding tert-OH is 1. The van der Waals surface area contributed by atoms with E-state index in [-0.39, 0.29) is 24.5 Å². The predicted octanol–water partition coefficient (Wildman–Crippen LogP) is 0.0712. The summed E-state index contributed by atoms with van der Waals surface area (Å²) in [6.07, 6.45) is 0.953. The molecular weight excluding hydrogens is 192 g/mol. The zero-order chi connectivity index (χ0) is 11.4. The average molecular weight is 214 g/mol. The Kier molecular flexibility index (Phi) is 4.54. The number of hydrogen-bond acceptors (Lipinski definition) is 3. The first-order valence-electron chi connectivity index (χ1n) is 5.64. The highest BCUT2D eigenvalue weighted by atomic mass is 16.3. The Morgan fingerprint density at radius 3 is 2.80 bits per heavy atom. The SMILES string of the molecule is CC1CNCC(C(=O)N(C)C(C)CO)C1. The zero-order valence-electron chi connectivity index (χ0n) is 9.86. The normalized spacial score (nSPS) is 28.5. The molecule has 1 aliphatic heterocycles. The van der Waals surface area contributed by atoms with E-state index in [0.717, 1.165) is 19.5 Å². The van der Waals surface area contributed by atoms with Crippen molar-refractivity contribution < 1.29 is 9.90 Å². The lowest BCUT2D eigenvalue weighted by atomic mass is 9.90. The molecule has 1 amide bonds. The molecule has 0 aliphatic carbocycles. The summed E-state index contributed by atoms with van der Waals surface area (Å²) in [6.45, 7) is 5.81. The molecule has 0 aromatic carbocycles. The van der Waals surface area contributed by atoms with E-state index in [1.165, 1.54) is 0 Å². The minimum absolute atomic E-state index is 0.0257. The lowest BCUT2D eigenvalue weighted by Gasteiger charge is -2.32. The molecule has 1 rings (SSSR count). The van der Waals surface area contributed by atoms with Crippen LogP contribution in [0, 0.1) is 11.8 Å². The van der Waals surface area contributed by atoms with E-state index in [0.29, 0.717) is 5.92 Å². The average Bonchev–Trinajstić information content (AvgIpc) is 2.26. The van der Waals surface area contributed by atoms with Crippen molar-refractivity contribution in [1.82, 2.24) is 10.2 Å². The molecule has 0 spiro atoms. The van der Waals surface area contributed by atoms with Crippen LogP contribution in [0.2, 0.25) is 0 Å². The smallest absolute Gasteiger partial charge is 0.227 e. The summed E-state index contributed by atoms with van der Waals surface area (Å²) in [5.74, 6) is 0.786. The molecular formula is C11H22N2O2. The second kappa shape index (κ2) is 5.47. The van der Waals surface area contributed by atoms with Gasteiger partial charge in [0.25, 0.3) is 0 Å². The summed E-state index contributed by atoms with van der Waals surface area (Å²) in [6, 6.07) is -0.0882. The molecule has 88 valence electrons. The molecule has 0 radical (unpaired) electrons. The molecule has 1 heterocycles. The van der Waals surface area contributed by atoms with E-state index in [1.54, 1.807) is 11.9 Å². The van der Waals surface area contributed by atoms with E-state index in [2.05, 4.69) is 12.2 Å². The molecule has 3 unspecified atom stereocenters. The van der Waals surface area contributed by atoms with Crippen LogP contribution in [0.5, 0.6) is 0 Å². The van der Waals surface area contributed by atoms with Gasteiger partial charge in [0.2, 0.25) is 5.91 Å². The molecule has 4 heteroatoms. The predicted molar refractivity (Wildman–Crippen MR) is 59.5 cm³/mol. The number of rotatable bonds is 3. The first-order valence-corrected chi connectivity index (χ1v) is 5.64.